The zero-order chi connectivity index (χ0) is 22.2. The molecule has 6 heteroatoms. The molecule has 0 radical (unpaired) electrons. The topological polar surface area (TPSA) is 89.2 Å². The first kappa shape index (κ1) is 22.3. The van der Waals surface area contributed by atoms with Crippen LogP contribution in [-0.2, 0) is 30.7 Å². The van der Waals surface area contributed by atoms with Gasteiger partial charge in [-0.1, -0.05) is 54.1 Å². The highest BCUT2D eigenvalue weighted by Gasteiger charge is 2.13. The molecule has 0 fully saturated rings. The number of aromatic nitrogens is 1. The lowest BCUT2D eigenvalue weighted by Crippen LogP contribution is -2.35. The molecule has 6 nitrogen and oxygen atoms in total. The number of rotatable bonds is 9. The van der Waals surface area contributed by atoms with Crippen molar-refractivity contribution in [1.82, 2.24) is 9.99 Å². The van der Waals surface area contributed by atoms with Crippen LogP contribution in [0.5, 0.6) is 0 Å². The smallest absolute Gasteiger partial charge is 0.272 e. The third kappa shape index (κ3) is 6.06. The maximum absolute atomic E-state index is 12.9. The molecule has 0 bridgehead atoms. The molecule has 4 N–H and O–H groups in total. The molecule has 0 saturated carbocycles. The minimum atomic E-state index is -0.193. The minimum Gasteiger partial charge on any atom is -0.352 e. The summed E-state index contributed by atoms with van der Waals surface area (Å²) in [5.41, 5.74) is 14.4. The summed E-state index contributed by atoms with van der Waals surface area (Å²) in [6, 6.07) is 18.0. The Labute approximate surface area is 183 Å². The molecule has 1 heterocycles. The molecule has 0 atom stereocenters. The van der Waals surface area contributed by atoms with E-state index in [1.807, 2.05) is 56.3 Å². The summed E-state index contributed by atoms with van der Waals surface area (Å²) < 4.78 is 1.46. The number of pyridine rings is 1. The Kier molecular flexibility index (Phi) is 7.62. The summed E-state index contributed by atoms with van der Waals surface area (Å²) >= 11 is 0. The summed E-state index contributed by atoms with van der Waals surface area (Å²) in [6.07, 6.45) is 2.55. The first-order valence-corrected chi connectivity index (χ1v) is 10.5. The van der Waals surface area contributed by atoms with Gasteiger partial charge in [-0.15, -0.1) is 0 Å². The largest absolute Gasteiger partial charge is 0.352 e. The van der Waals surface area contributed by atoms with E-state index in [9.17, 15) is 9.59 Å². The molecular weight excluding hydrogens is 388 g/mol. The molecule has 0 spiro atoms. The molecule has 0 unspecified atom stereocenters. The zero-order valence-corrected chi connectivity index (χ0v) is 18.2. The van der Waals surface area contributed by atoms with E-state index < -0.39 is 0 Å². The lowest BCUT2D eigenvalue weighted by atomic mass is 10.0. The van der Waals surface area contributed by atoms with Gasteiger partial charge in [0.25, 0.3) is 5.56 Å². The average Bonchev–Trinajstić information content (AvgIpc) is 2.77. The number of aryl methyl sites for hydroxylation is 2. The van der Waals surface area contributed by atoms with E-state index >= 15 is 0 Å². The van der Waals surface area contributed by atoms with Crippen molar-refractivity contribution in [1.29, 1.82) is 0 Å². The number of nitrogens with two attached hydrogens (primary N) is 1. The van der Waals surface area contributed by atoms with Gasteiger partial charge >= 0.3 is 0 Å². The predicted octanol–water partition coefficient (Wildman–Crippen LogP) is 2.57. The lowest BCUT2D eigenvalue weighted by Gasteiger charge is -2.14. The van der Waals surface area contributed by atoms with Crippen LogP contribution in [-0.4, -0.2) is 17.1 Å². The minimum absolute atomic E-state index is 0.0373. The van der Waals surface area contributed by atoms with E-state index in [2.05, 4.69) is 22.9 Å². The van der Waals surface area contributed by atoms with Crippen LogP contribution >= 0.6 is 0 Å². The fourth-order valence-electron chi connectivity index (χ4n) is 3.51. The molecule has 1 amide bonds. The normalized spacial score (nSPS) is 10.7. The molecule has 3 rings (SSSR count). The highest BCUT2D eigenvalue weighted by atomic mass is 16.2. The Morgan fingerprint density at radius 1 is 1.03 bits per heavy atom. The van der Waals surface area contributed by atoms with E-state index in [-0.39, 0.29) is 17.9 Å². The number of nitrogens with one attached hydrogen (secondary N) is 2. The fourth-order valence-corrected chi connectivity index (χ4v) is 3.51. The van der Waals surface area contributed by atoms with Gasteiger partial charge in [0.2, 0.25) is 5.91 Å². The van der Waals surface area contributed by atoms with Crippen molar-refractivity contribution < 1.29 is 4.79 Å². The molecular formula is C25H30N4O2. The van der Waals surface area contributed by atoms with Gasteiger partial charge in [-0.05, 0) is 48.6 Å². The van der Waals surface area contributed by atoms with Gasteiger partial charge < -0.3 is 16.5 Å². The second-order valence-corrected chi connectivity index (χ2v) is 7.73. The molecule has 0 aliphatic heterocycles. The third-order valence-corrected chi connectivity index (χ3v) is 5.36. The van der Waals surface area contributed by atoms with E-state index in [1.54, 1.807) is 6.20 Å². The Morgan fingerprint density at radius 2 is 1.81 bits per heavy atom. The molecule has 0 aliphatic carbocycles. The number of hydrogen-bond donors (Lipinski definition) is 3. The molecule has 31 heavy (non-hydrogen) atoms. The molecule has 1 aromatic heterocycles. The SMILES string of the molecule is Cc1ccc(CN)c(CNC(=O)Cc2c(C)ccn(NCCc3ccccc3)c2=O)c1. The fraction of sp³-hybridized carbons (Fsp3) is 0.280. The van der Waals surface area contributed by atoms with Crippen molar-refractivity contribution in [2.45, 2.75) is 39.8 Å². The molecule has 3 aromatic rings. The van der Waals surface area contributed by atoms with Crippen molar-refractivity contribution in [3.05, 3.63) is 105 Å². The van der Waals surface area contributed by atoms with E-state index in [4.69, 9.17) is 5.73 Å². The first-order chi connectivity index (χ1) is 15.0. The van der Waals surface area contributed by atoms with Crippen LogP contribution < -0.4 is 22.0 Å². The summed E-state index contributed by atoms with van der Waals surface area (Å²) in [7, 11) is 0. The molecule has 2 aromatic carbocycles. The highest BCUT2D eigenvalue weighted by molar-refractivity contribution is 5.78. The van der Waals surface area contributed by atoms with Crippen LogP contribution in [0.4, 0.5) is 0 Å². The van der Waals surface area contributed by atoms with Crippen molar-refractivity contribution in [3.63, 3.8) is 0 Å². The number of nitrogens with zero attached hydrogens (tertiary/aromatic N) is 1. The summed E-state index contributed by atoms with van der Waals surface area (Å²) in [5, 5.41) is 2.92. The quantitative estimate of drug-likeness (QED) is 0.498. The highest BCUT2D eigenvalue weighted by Crippen LogP contribution is 2.11. The van der Waals surface area contributed by atoms with Crippen molar-refractivity contribution in [2.24, 2.45) is 5.73 Å². The van der Waals surface area contributed by atoms with Crippen LogP contribution in [0.3, 0.4) is 0 Å². The summed E-state index contributed by atoms with van der Waals surface area (Å²) in [6.45, 7) is 5.29. The van der Waals surface area contributed by atoms with Crippen LogP contribution in [0.1, 0.15) is 33.4 Å². The monoisotopic (exact) mass is 418 g/mol. The second kappa shape index (κ2) is 10.6. The predicted molar refractivity (Wildman–Crippen MR) is 124 cm³/mol. The van der Waals surface area contributed by atoms with Crippen molar-refractivity contribution in [3.8, 4) is 0 Å². The van der Waals surface area contributed by atoms with Gasteiger partial charge in [0.1, 0.15) is 0 Å². The van der Waals surface area contributed by atoms with Crippen molar-refractivity contribution in [2.75, 3.05) is 12.0 Å². The van der Waals surface area contributed by atoms with Gasteiger partial charge in [0.15, 0.2) is 0 Å². The number of carbonyl (C=O) groups is 1. The number of amides is 1. The molecule has 162 valence electrons. The number of carbonyl (C=O) groups excluding carboxylic acids is 1. The Balaban J connectivity index is 1.63. The first-order valence-electron chi connectivity index (χ1n) is 10.5. The van der Waals surface area contributed by atoms with E-state index in [0.717, 1.165) is 28.7 Å². The van der Waals surface area contributed by atoms with Gasteiger partial charge in [0.05, 0.1) is 6.42 Å². The van der Waals surface area contributed by atoms with E-state index in [1.165, 1.54) is 10.2 Å². The lowest BCUT2D eigenvalue weighted by molar-refractivity contribution is -0.120. The second-order valence-electron chi connectivity index (χ2n) is 7.73. The summed E-state index contributed by atoms with van der Waals surface area (Å²) in [5.74, 6) is -0.188. The Morgan fingerprint density at radius 3 is 2.55 bits per heavy atom. The molecule has 0 saturated heterocycles. The van der Waals surface area contributed by atoms with Crippen LogP contribution in [0.2, 0.25) is 0 Å². The van der Waals surface area contributed by atoms with Gasteiger partial charge in [-0.3, -0.25) is 9.59 Å². The molecule has 0 aliphatic rings. The Bertz CT molecular complexity index is 1090. The van der Waals surface area contributed by atoms with Gasteiger partial charge in [-0.25, -0.2) is 4.68 Å². The maximum atomic E-state index is 12.9. The number of benzene rings is 2. The van der Waals surface area contributed by atoms with Gasteiger partial charge in [-0.2, -0.15) is 0 Å². The van der Waals surface area contributed by atoms with Crippen molar-refractivity contribution >= 4 is 5.91 Å². The van der Waals surface area contributed by atoms with Gasteiger partial charge in [0, 0.05) is 31.4 Å². The van der Waals surface area contributed by atoms with Crippen LogP contribution in [0.25, 0.3) is 0 Å². The zero-order valence-electron chi connectivity index (χ0n) is 18.2. The number of hydrogen-bond acceptors (Lipinski definition) is 4. The van der Waals surface area contributed by atoms with E-state index in [0.29, 0.717) is 25.2 Å². The maximum Gasteiger partial charge on any atom is 0.272 e. The van der Waals surface area contributed by atoms with Crippen LogP contribution in [0, 0.1) is 13.8 Å². The standard InChI is InChI=1S/C25H30N4O2/c1-18-8-9-21(16-26)22(14-18)17-27-24(30)15-23-19(2)11-13-29(25(23)31)28-12-10-20-6-4-3-5-7-20/h3-9,11,13-14,28H,10,12,15-17,26H2,1-2H3,(H,27,30). The average molecular weight is 419 g/mol. The summed E-state index contributed by atoms with van der Waals surface area (Å²) in [4.78, 5) is 25.5. The Hall–Kier alpha value is -3.38. The third-order valence-electron chi connectivity index (χ3n) is 5.36. The van der Waals surface area contributed by atoms with Crippen LogP contribution in [0.15, 0.2) is 65.6 Å².